The van der Waals surface area contributed by atoms with Crippen molar-refractivity contribution in [2.75, 3.05) is 43.2 Å². The SMILES string of the molecule is CC(C)N1CCN(c2ccc(NC(=O)CCc3ccc4c(c3)OCO4)cc2)CC1. The zero-order valence-corrected chi connectivity index (χ0v) is 17.2. The molecule has 154 valence electrons. The van der Waals surface area contributed by atoms with Crippen LogP contribution in [0.5, 0.6) is 11.5 Å². The van der Waals surface area contributed by atoms with Gasteiger partial charge in [0.25, 0.3) is 0 Å². The highest BCUT2D eigenvalue weighted by atomic mass is 16.7. The fourth-order valence-corrected chi connectivity index (χ4v) is 3.83. The van der Waals surface area contributed by atoms with Crippen molar-refractivity contribution >= 4 is 17.3 Å². The second kappa shape index (κ2) is 8.74. The Morgan fingerprint density at radius 1 is 1.00 bits per heavy atom. The standard InChI is InChI=1S/C23H29N3O3/c1-17(2)25-11-13-26(14-12-25)20-7-5-19(6-8-20)24-23(27)10-4-18-3-9-21-22(15-18)29-16-28-21/h3,5-9,15,17H,4,10-14,16H2,1-2H3,(H,24,27). The summed E-state index contributed by atoms with van der Waals surface area (Å²) in [5.74, 6) is 1.54. The fourth-order valence-electron chi connectivity index (χ4n) is 3.83. The van der Waals surface area contributed by atoms with Gasteiger partial charge in [0.05, 0.1) is 0 Å². The Kier molecular flexibility index (Phi) is 5.90. The van der Waals surface area contributed by atoms with Crippen LogP contribution in [0, 0.1) is 0 Å². The first kappa shape index (κ1) is 19.6. The van der Waals surface area contributed by atoms with Gasteiger partial charge in [0.15, 0.2) is 11.5 Å². The largest absolute Gasteiger partial charge is 0.454 e. The molecule has 0 saturated carbocycles. The van der Waals surface area contributed by atoms with Gasteiger partial charge in [-0.3, -0.25) is 9.69 Å². The molecular formula is C23H29N3O3. The lowest BCUT2D eigenvalue weighted by Crippen LogP contribution is -2.48. The molecule has 2 aromatic rings. The third-order valence-corrected chi connectivity index (χ3v) is 5.64. The number of anilines is 2. The van der Waals surface area contributed by atoms with Gasteiger partial charge in [-0.25, -0.2) is 0 Å². The van der Waals surface area contributed by atoms with E-state index in [9.17, 15) is 4.79 Å². The van der Waals surface area contributed by atoms with Crippen LogP contribution in [0.2, 0.25) is 0 Å². The third-order valence-electron chi connectivity index (χ3n) is 5.64. The number of ether oxygens (including phenoxy) is 2. The minimum absolute atomic E-state index is 0.0148. The summed E-state index contributed by atoms with van der Waals surface area (Å²) in [5.41, 5.74) is 3.12. The number of carbonyl (C=O) groups is 1. The molecule has 2 aliphatic rings. The maximum atomic E-state index is 12.3. The summed E-state index contributed by atoms with van der Waals surface area (Å²) in [6, 6.07) is 14.6. The number of amides is 1. The van der Waals surface area contributed by atoms with E-state index in [-0.39, 0.29) is 12.7 Å². The molecular weight excluding hydrogens is 366 g/mol. The Bertz CT molecular complexity index is 843. The summed E-state index contributed by atoms with van der Waals surface area (Å²) < 4.78 is 10.7. The van der Waals surface area contributed by atoms with Crippen LogP contribution in [0.25, 0.3) is 0 Å². The van der Waals surface area contributed by atoms with Crippen LogP contribution >= 0.6 is 0 Å². The Morgan fingerprint density at radius 3 is 2.45 bits per heavy atom. The smallest absolute Gasteiger partial charge is 0.231 e. The molecule has 29 heavy (non-hydrogen) atoms. The molecule has 1 amide bonds. The molecule has 1 fully saturated rings. The molecule has 0 aromatic heterocycles. The van der Waals surface area contributed by atoms with Crippen LogP contribution in [0.4, 0.5) is 11.4 Å². The quantitative estimate of drug-likeness (QED) is 0.811. The van der Waals surface area contributed by atoms with Crippen LogP contribution in [0.15, 0.2) is 42.5 Å². The van der Waals surface area contributed by atoms with Crippen LogP contribution in [-0.2, 0) is 11.2 Å². The second-order valence-corrected chi connectivity index (χ2v) is 7.90. The number of hydrogen-bond acceptors (Lipinski definition) is 5. The van der Waals surface area contributed by atoms with Gasteiger partial charge in [-0.1, -0.05) is 6.07 Å². The van der Waals surface area contributed by atoms with E-state index in [1.807, 2.05) is 30.3 Å². The van der Waals surface area contributed by atoms with Crippen molar-refractivity contribution in [3.8, 4) is 11.5 Å². The van der Waals surface area contributed by atoms with Gasteiger partial charge in [-0.2, -0.15) is 0 Å². The fraction of sp³-hybridized carbons (Fsp3) is 0.435. The van der Waals surface area contributed by atoms with Gasteiger partial charge in [-0.15, -0.1) is 0 Å². The predicted molar refractivity (Wildman–Crippen MR) is 115 cm³/mol. The molecule has 6 nitrogen and oxygen atoms in total. The molecule has 1 N–H and O–H groups in total. The normalized spacial score (nSPS) is 16.3. The maximum absolute atomic E-state index is 12.3. The molecule has 6 heteroatoms. The van der Waals surface area contributed by atoms with E-state index in [0.29, 0.717) is 18.9 Å². The number of fused-ring (bicyclic) bond motifs is 1. The van der Waals surface area contributed by atoms with Gasteiger partial charge < -0.3 is 19.7 Å². The number of carbonyl (C=O) groups excluding carboxylic acids is 1. The van der Waals surface area contributed by atoms with E-state index in [1.54, 1.807) is 0 Å². The lowest BCUT2D eigenvalue weighted by molar-refractivity contribution is -0.116. The zero-order chi connectivity index (χ0) is 20.2. The minimum atomic E-state index is 0.0148. The van der Waals surface area contributed by atoms with E-state index >= 15 is 0 Å². The van der Waals surface area contributed by atoms with Gasteiger partial charge in [0.2, 0.25) is 12.7 Å². The summed E-state index contributed by atoms with van der Waals surface area (Å²) in [4.78, 5) is 17.2. The Labute approximate surface area is 172 Å². The first-order valence-electron chi connectivity index (χ1n) is 10.4. The number of nitrogens with one attached hydrogen (secondary N) is 1. The summed E-state index contributed by atoms with van der Waals surface area (Å²) >= 11 is 0. The van der Waals surface area contributed by atoms with Crippen molar-refractivity contribution in [2.45, 2.75) is 32.7 Å². The van der Waals surface area contributed by atoms with E-state index in [2.05, 4.69) is 41.1 Å². The van der Waals surface area contributed by atoms with Gasteiger partial charge in [-0.05, 0) is 62.2 Å². The van der Waals surface area contributed by atoms with Crippen LogP contribution in [0.1, 0.15) is 25.8 Å². The number of hydrogen-bond donors (Lipinski definition) is 1. The summed E-state index contributed by atoms with van der Waals surface area (Å²) in [7, 11) is 0. The minimum Gasteiger partial charge on any atom is -0.454 e. The predicted octanol–water partition coefficient (Wildman–Crippen LogP) is 3.52. The number of piperazine rings is 1. The van der Waals surface area contributed by atoms with Gasteiger partial charge in [0, 0.05) is 50.0 Å². The molecule has 0 unspecified atom stereocenters. The molecule has 0 bridgehead atoms. The monoisotopic (exact) mass is 395 g/mol. The van der Waals surface area contributed by atoms with E-state index in [0.717, 1.165) is 48.9 Å². The molecule has 2 heterocycles. The van der Waals surface area contributed by atoms with Crippen molar-refractivity contribution in [3.63, 3.8) is 0 Å². The number of nitrogens with zero attached hydrogens (tertiary/aromatic N) is 2. The molecule has 0 radical (unpaired) electrons. The van der Waals surface area contributed by atoms with E-state index in [4.69, 9.17) is 9.47 Å². The number of rotatable bonds is 6. The first-order valence-corrected chi connectivity index (χ1v) is 10.4. The Morgan fingerprint density at radius 2 is 1.72 bits per heavy atom. The van der Waals surface area contributed by atoms with Crippen molar-refractivity contribution < 1.29 is 14.3 Å². The van der Waals surface area contributed by atoms with Crippen molar-refractivity contribution in [1.29, 1.82) is 0 Å². The zero-order valence-electron chi connectivity index (χ0n) is 17.2. The van der Waals surface area contributed by atoms with Crippen molar-refractivity contribution in [2.24, 2.45) is 0 Å². The van der Waals surface area contributed by atoms with Crippen molar-refractivity contribution in [1.82, 2.24) is 4.90 Å². The molecule has 4 rings (SSSR count). The number of benzene rings is 2. The topological polar surface area (TPSA) is 54.0 Å². The highest BCUT2D eigenvalue weighted by Crippen LogP contribution is 2.32. The molecule has 2 aliphatic heterocycles. The first-order chi connectivity index (χ1) is 14.1. The Balaban J connectivity index is 1.26. The summed E-state index contributed by atoms with van der Waals surface area (Å²) in [5, 5.41) is 2.99. The average molecular weight is 396 g/mol. The van der Waals surface area contributed by atoms with Crippen LogP contribution in [0.3, 0.4) is 0 Å². The molecule has 2 aromatic carbocycles. The van der Waals surface area contributed by atoms with Crippen LogP contribution < -0.4 is 19.7 Å². The lowest BCUT2D eigenvalue weighted by atomic mass is 10.1. The van der Waals surface area contributed by atoms with Gasteiger partial charge >= 0.3 is 0 Å². The number of aryl methyl sites for hydroxylation is 1. The van der Waals surface area contributed by atoms with E-state index < -0.39 is 0 Å². The second-order valence-electron chi connectivity index (χ2n) is 7.90. The average Bonchev–Trinajstić information content (AvgIpc) is 3.21. The molecule has 0 aliphatic carbocycles. The van der Waals surface area contributed by atoms with Crippen molar-refractivity contribution in [3.05, 3.63) is 48.0 Å². The van der Waals surface area contributed by atoms with E-state index in [1.165, 1.54) is 5.69 Å². The Hall–Kier alpha value is -2.73. The van der Waals surface area contributed by atoms with Crippen LogP contribution in [-0.4, -0.2) is 49.8 Å². The summed E-state index contributed by atoms with van der Waals surface area (Å²) in [6.45, 7) is 9.03. The third kappa shape index (κ3) is 4.82. The van der Waals surface area contributed by atoms with Gasteiger partial charge in [0.1, 0.15) is 0 Å². The summed E-state index contributed by atoms with van der Waals surface area (Å²) in [6.07, 6.45) is 1.10. The molecule has 0 spiro atoms. The highest BCUT2D eigenvalue weighted by Gasteiger charge is 2.19. The molecule has 0 atom stereocenters. The highest BCUT2D eigenvalue weighted by molar-refractivity contribution is 5.91. The molecule has 1 saturated heterocycles. The maximum Gasteiger partial charge on any atom is 0.231 e. The lowest BCUT2D eigenvalue weighted by Gasteiger charge is -2.38.